The van der Waals surface area contributed by atoms with Gasteiger partial charge in [0.2, 0.25) is 11.7 Å². The number of ether oxygens (including phenoxy) is 2. The zero-order valence-electron chi connectivity index (χ0n) is 18.9. The highest BCUT2D eigenvalue weighted by Gasteiger charge is 2.16. The van der Waals surface area contributed by atoms with Gasteiger partial charge in [-0.15, -0.1) is 5.10 Å². The first kappa shape index (κ1) is 22.2. The molecule has 0 aliphatic heterocycles. The van der Waals surface area contributed by atoms with E-state index in [2.05, 4.69) is 25.4 Å². The first-order chi connectivity index (χ1) is 17.1. The van der Waals surface area contributed by atoms with Crippen molar-refractivity contribution in [2.24, 2.45) is 0 Å². The van der Waals surface area contributed by atoms with Gasteiger partial charge in [-0.3, -0.25) is 9.36 Å². The SMILES string of the molecule is CCOc1ccc(-c2noc(Cn3cnc4c(nnn4Cc4ccc(F)cc4)c3=O)n2)cc1OC. The monoisotopic (exact) mass is 477 g/mol. The van der Waals surface area contributed by atoms with Crippen LogP contribution in [0.5, 0.6) is 11.5 Å². The molecular formula is C23H20FN7O4. The summed E-state index contributed by atoms with van der Waals surface area (Å²) in [4.78, 5) is 21.7. The Balaban J connectivity index is 1.37. The number of aromatic nitrogens is 7. The maximum atomic E-state index is 13.2. The van der Waals surface area contributed by atoms with Crippen LogP contribution in [0.1, 0.15) is 18.4 Å². The van der Waals surface area contributed by atoms with E-state index in [0.29, 0.717) is 41.7 Å². The summed E-state index contributed by atoms with van der Waals surface area (Å²) in [6.45, 7) is 2.70. The molecule has 3 aromatic heterocycles. The van der Waals surface area contributed by atoms with Crippen molar-refractivity contribution in [3.8, 4) is 22.9 Å². The molecule has 0 aliphatic carbocycles. The molecule has 0 saturated carbocycles. The molecule has 0 atom stereocenters. The Kier molecular flexibility index (Phi) is 5.92. The van der Waals surface area contributed by atoms with Crippen LogP contribution < -0.4 is 15.0 Å². The van der Waals surface area contributed by atoms with E-state index >= 15 is 0 Å². The number of methoxy groups -OCH3 is 1. The van der Waals surface area contributed by atoms with Gasteiger partial charge < -0.3 is 14.0 Å². The van der Waals surface area contributed by atoms with E-state index in [0.717, 1.165) is 5.56 Å². The summed E-state index contributed by atoms with van der Waals surface area (Å²) in [6, 6.07) is 11.3. The Bertz CT molecular complexity index is 1540. The van der Waals surface area contributed by atoms with E-state index in [-0.39, 0.29) is 23.8 Å². The van der Waals surface area contributed by atoms with Gasteiger partial charge in [-0.2, -0.15) is 4.98 Å². The third-order valence-electron chi connectivity index (χ3n) is 5.23. The van der Waals surface area contributed by atoms with Gasteiger partial charge in [-0.25, -0.2) is 14.1 Å². The second kappa shape index (κ2) is 9.33. The van der Waals surface area contributed by atoms with Crippen molar-refractivity contribution in [2.75, 3.05) is 13.7 Å². The summed E-state index contributed by atoms with van der Waals surface area (Å²) in [5.74, 6) is 1.39. The number of fused-ring (bicyclic) bond motifs is 1. The van der Waals surface area contributed by atoms with Crippen LogP contribution in [0.4, 0.5) is 4.39 Å². The van der Waals surface area contributed by atoms with Crippen LogP contribution in [0.3, 0.4) is 0 Å². The number of halogens is 1. The average molecular weight is 477 g/mol. The lowest BCUT2D eigenvalue weighted by atomic mass is 10.2. The van der Waals surface area contributed by atoms with Crippen molar-refractivity contribution < 1.29 is 18.4 Å². The summed E-state index contributed by atoms with van der Waals surface area (Å²) < 4.78 is 32.2. The Morgan fingerprint density at radius 3 is 2.69 bits per heavy atom. The van der Waals surface area contributed by atoms with Crippen molar-refractivity contribution in [1.29, 1.82) is 0 Å². The van der Waals surface area contributed by atoms with Gasteiger partial charge in [0.1, 0.15) is 18.7 Å². The van der Waals surface area contributed by atoms with E-state index in [1.165, 1.54) is 27.7 Å². The Hall–Kier alpha value is -4.61. The summed E-state index contributed by atoms with van der Waals surface area (Å²) in [5, 5.41) is 12.0. The predicted octanol–water partition coefficient (Wildman–Crippen LogP) is 2.68. The van der Waals surface area contributed by atoms with Crippen LogP contribution in [0.15, 0.2) is 58.1 Å². The van der Waals surface area contributed by atoms with Crippen molar-refractivity contribution in [2.45, 2.75) is 20.0 Å². The highest BCUT2D eigenvalue weighted by atomic mass is 19.1. The summed E-state index contributed by atoms with van der Waals surface area (Å²) >= 11 is 0. The molecule has 0 bridgehead atoms. The fourth-order valence-electron chi connectivity index (χ4n) is 3.53. The normalized spacial score (nSPS) is 11.2. The number of rotatable bonds is 8. The van der Waals surface area contributed by atoms with Crippen LogP contribution in [-0.4, -0.2) is 48.4 Å². The largest absolute Gasteiger partial charge is 0.493 e. The van der Waals surface area contributed by atoms with Crippen molar-refractivity contribution in [3.63, 3.8) is 0 Å². The fourth-order valence-corrected chi connectivity index (χ4v) is 3.53. The third-order valence-corrected chi connectivity index (χ3v) is 5.23. The summed E-state index contributed by atoms with van der Waals surface area (Å²) in [5.41, 5.74) is 1.50. The minimum Gasteiger partial charge on any atom is -0.493 e. The van der Waals surface area contributed by atoms with Gasteiger partial charge in [0.25, 0.3) is 5.56 Å². The quantitative estimate of drug-likeness (QED) is 0.332. The molecule has 0 N–H and O–H groups in total. The zero-order chi connectivity index (χ0) is 24.4. The molecule has 0 radical (unpaired) electrons. The van der Waals surface area contributed by atoms with E-state index in [1.807, 2.05) is 6.92 Å². The minimum absolute atomic E-state index is 0.00770. The number of nitrogens with zero attached hydrogens (tertiary/aromatic N) is 7. The highest BCUT2D eigenvalue weighted by molar-refractivity contribution is 5.67. The van der Waals surface area contributed by atoms with Gasteiger partial charge in [0.05, 0.1) is 20.3 Å². The van der Waals surface area contributed by atoms with Crippen molar-refractivity contribution in [3.05, 3.63) is 76.4 Å². The first-order valence-electron chi connectivity index (χ1n) is 10.7. The third kappa shape index (κ3) is 4.45. The molecular weight excluding hydrogens is 457 g/mol. The van der Waals surface area contributed by atoms with E-state index in [9.17, 15) is 9.18 Å². The number of hydrogen-bond acceptors (Lipinski definition) is 9. The van der Waals surface area contributed by atoms with E-state index < -0.39 is 5.56 Å². The maximum absolute atomic E-state index is 13.2. The van der Waals surface area contributed by atoms with Crippen molar-refractivity contribution >= 4 is 11.2 Å². The van der Waals surface area contributed by atoms with Gasteiger partial charge in [0.15, 0.2) is 22.7 Å². The van der Waals surface area contributed by atoms with E-state index in [4.69, 9.17) is 14.0 Å². The molecule has 2 aromatic carbocycles. The zero-order valence-corrected chi connectivity index (χ0v) is 18.9. The molecule has 0 saturated heterocycles. The van der Waals surface area contributed by atoms with Crippen molar-refractivity contribution in [1.82, 2.24) is 34.7 Å². The van der Waals surface area contributed by atoms with E-state index in [1.54, 1.807) is 37.4 Å². The topological polar surface area (TPSA) is 123 Å². The maximum Gasteiger partial charge on any atom is 0.283 e. The molecule has 0 spiro atoms. The summed E-state index contributed by atoms with van der Waals surface area (Å²) in [6.07, 6.45) is 1.37. The molecule has 0 amide bonds. The molecule has 5 aromatic rings. The second-order valence-corrected chi connectivity index (χ2v) is 7.53. The molecule has 5 rings (SSSR count). The number of benzene rings is 2. The molecule has 3 heterocycles. The van der Waals surface area contributed by atoms with Gasteiger partial charge in [-0.05, 0) is 42.8 Å². The summed E-state index contributed by atoms with van der Waals surface area (Å²) in [7, 11) is 1.55. The molecule has 0 unspecified atom stereocenters. The second-order valence-electron chi connectivity index (χ2n) is 7.53. The average Bonchev–Trinajstić information content (AvgIpc) is 3.50. The first-order valence-corrected chi connectivity index (χ1v) is 10.7. The van der Waals surface area contributed by atoms with Crippen LogP contribution >= 0.6 is 0 Å². The minimum atomic E-state index is -0.400. The lowest BCUT2D eigenvalue weighted by Crippen LogP contribution is -2.21. The predicted molar refractivity (Wildman–Crippen MR) is 122 cm³/mol. The van der Waals surface area contributed by atoms with Gasteiger partial charge >= 0.3 is 0 Å². The van der Waals surface area contributed by atoms with Crippen LogP contribution in [0, 0.1) is 5.82 Å². The Labute approximate surface area is 197 Å². The van der Waals surface area contributed by atoms with Gasteiger partial charge in [-0.1, -0.05) is 22.5 Å². The van der Waals surface area contributed by atoms with Crippen LogP contribution in [0.25, 0.3) is 22.6 Å². The number of hydrogen-bond donors (Lipinski definition) is 0. The molecule has 178 valence electrons. The smallest absolute Gasteiger partial charge is 0.283 e. The Morgan fingerprint density at radius 1 is 1.09 bits per heavy atom. The lowest BCUT2D eigenvalue weighted by molar-refractivity contribution is 0.311. The van der Waals surface area contributed by atoms with Crippen LogP contribution in [0.2, 0.25) is 0 Å². The highest BCUT2D eigenvalue weighted by Crippen LogP contribution is 2.31. The van der Waals surface area contributed by atoms with Crippen LogP contribution in [-0.2, 0) is 13.1 Å². The molecule has 11 nitrogen and oxygen atoms in total. The molecule has 0 aliphatic rings. The fraction of sp³-hybridized carbons (Fsp3) is 0.217. The van der Waals surface area contributed by atoms with Gasteiger partial charge in [0, 0.05) is 5.56 Å². The Morgan fingerprint density at radius 2 is 1.91 bits per heavy atom. The standard InChI is InChI=1S/C23H20FN7O4/c1-3-34-17-9-6-15(10-18(17)33-2)21-26-19(35-28-21)12-30-13-25-22-20(23(30)32)27-29-31(22)11-14-4-7-16(24)8-5-14/h4-10,13H,3,11-12H2,1-2H3. The lowest BCUT2D eigenvalue weighted by Gasteiger charge is -2.09. The molecule has 12 heteroatoms. The molecule has 0 fully saturated rings. The molecule has 35 heavy (non-hydrogen) atoms.